The molecule has 0 saturated carbocycles. The molecule has 0 aliphatic carbocycles. The Morgan fingerprint density at radius 1 is 1.10 bits per heavy atom. The van der Waals surface area contributed by atoms with Crippen LogP contribution in [0.2, 0.25) is 5.02 Å². The zero-order valence-corrected chi connectivity index (χ0v) is 18.5. The molecule has 5 nitrogen and oxygen atoms in total. The number of rotatable bonds is 12. The minimum absolute atomic E-state index is 0.124. The highest BCUT2D eigenvalue weighted by molar-refractivity contribution is 7.17. The van der Waals surface area contributed by atoms with Gasteiger partial charge in [0.05, 0.1) is 24.3 Å². The van der Waals surface area contributed by atoms with E-state index >= 15 is 0 Å². The molecule has 2 unspecified atom stereocenters. The van der Waals surface area contributed by atoms with Gasteiger partial charge in [-0.15, -0.1) is 4.52 Å². The fourth-order valence-corrected chi connectivity index (χ4v) is 3.55. The first-order valence-corrected chi connectivity index (χ1v) is 10.8. The fourth-order valence-electron chi connectivity index (χ4n) is 2.99. The van der Waals surface area contributed by atoms with Crippen LogP contribution < -0.4 is 10.5 Å². The quantitative estimate of drug-likeness (QED) is 0.333. The van der Waals surface area contributed by atoms with Crippen LogP contribution in [0.15, 0.2) is 42.5 Å². The molecule has 2 aromatic carbocycles. The largest absolute Gasteiger partial charge is 0.494 e. The summed E-state index contributed by atoms with van der Waals surface area (Å²) in [6.07, 6.45) is -3.08. The molecule has 0 spiro atoms. The summed E-state index contributed by atoms with van der Waals surface area (Å²) in [5.74, 6) is -0.237. The predicted octanol–water partition coefficient (Wildman–Crippen LogP) is 4.95. The van der Waals surface area contributed by atoms with E-state index < -0.39 is 32.6 Å². The molecule has 2 atom stereocenters. The van der Waals surface area contributed by atoms with Gasteiger partial charge in [0.1, 0.15) is 12.4 Å². The molecule has 0 saturated heterocycles. The van der Waals surface area contributed by atoms with E-state index in [1.165, 1.54) is 12.1 Å². The first-order chi connectivity index (χ1) is 14.7. The number of aliphatic hydroxyl groups is 1. The van der Waals surface area contributed by atoms with E-state index in [1.54, 1.807) is 6.07 Å². The summed E-state index contributed by atoms with van der Waals surface area (Å²) >= 11 is 5.93. The molecule has 0 aliphatic heterocycles. The summed E-state index contributed by atoms with van der Waals surface area (Å²) in [4.78, 5) is 0. The average molecular weight is 479 g/mol. The Labute approximate surface area is 185 Å². The van der Waals surface area contributed by atoms with Crippen LogP contribution in [0.25, 0.3) is 0 Å². The molecule has 0 amide bonds. The van der Waals surface area contributed by atoms with Crippen molar-refractivity contribution >= 4 is 20.3 Å². The SMILES string of the molecule is NC(CO)(CCc1ccc(OCCCc2cccc(Cl)c2)c(C(F)(F)F)c1)CO[PH+]=O. The van der Waals surface area contributed by atoms with E-state index in [4.69, 9.17) is 26.6 Å². The highest BCUT2D eigenvalue weighted by Crippen LogP contribution is 2.37. The molecule has 0 bridgehead atoms. The lowest BCUT2D eigenvalue weighted by Gasteiger charge is -2.24. The van der Waals surface area contributed by atoms with Gasteiger partial charge in [0.15, 0.2) is 0 Å². The van der Waals surface area contributed by atoms with E-state index in [0.29, 0.717) is 23.4 Å². The lowest BCUT2D eigenvalue weighted by Crippen LogP contribution is -2.47. The van der Waals surface area contributed by atoms with Gasteiger partial charge in [-0.05, 0) is 65.6 Å². The van der Waals surface area contributed by atoms with E-state index in [9.17, 15) is 22.8 Å². The Morgan fingerprint density at radius 2 is 1.84 bits per heavy atom. The normalized spacial score (nSPS) is 13.9. The molecule has 0 fully saturated rings. The second-order valence-electron chi connectivity index (χ2n) is 7.30. The van der Waals surface area contributed by atoms with Crippen molar-refractivity contribution in [3.63, 3.8) is 0 Å². The third-order valence-corrected chi connectivity index (χ3v) is 5.25. The molecule has 170 valence electrons. The van der Waals surface area contributed by atoms with Gasteiger partial charge in [0, 0.05) is 5.02 Å². The Bertz CT molecular complexity index is 869. The van der Waals surface area contributed by atoms with Gasteiger partial charge < -0.3 is 15.6 Å². The molecule has 3 N–H and O–H groups in total. The van der Waals surface area contributed by atoms with Crippen LogP contribution in [0.3, 0.4) is 0 Å². The van der Waals surface area contributed by atoms with E-state index in [-0.39, 0.29) is 31.8 Å². The van der Waals surface area contributed by atoms with Crippen molar-refractivity contribution in [2.24, 2.45) is 5.73 Å². The molecule has 0 aromatic heterocycles. The molecule has 2 rings (SSSR count). The van der Waals surface area contributed by atoms with Crippen molar-refractivity contribution in [3.8, 4) is 5.75 Å². The van der Waals surface area contributed by atoms with Crippen molar-refractivity contribution in [2.45, 2.75) is 37.4 Å². The lowest BCUT2D eigenvalue weighted by molar-refractivity contribution is -0.139. The highest BCUT2D eigenvalue weighted by Gasteiger charge is 2.35. The minimum atomic E-state index is -4.58. The fraction of sp³-hybridized carbons (Fsp3) is 0.429. The van der Waals surface area contributed by atoms with Crippen molar-refractivity contribution in [1.82, 2.24) is 0 Å². The highest BCUT2D eigenvalue weighted by atomic mass is 35.5. The maximum Gasteiger partial charge on any atom is 0.494 e. The zero-order valence-electron chi connectivity index (χ0n) is 16.8. The topological polar surface area (TPSA) is 81.8 Å². The molecule has 0 aliphatic rings. The van der Waals surface area contributed by atoms with Gasteiger partial charge in [-0.2, -0.15) is 13.2 Å². The van der Waals surface area contributed by atoms with Crippen LogP contribution in [0.4, 0.5) is 13.2 Å². The van der Waals surface area contributed by atoms with Gasteiger partial charge >= 0.3 is 14.9 Å². The molecule has 2 aromatic rings. The number of aryl methyl sites for hydroxylation is 2. The first kappa shape index (κ1) is 25.6. The van der Waals surface area contributed by atoms with Crippen molar-refractivity contribution < 1.29 is 32.1 Å². The molecular weight excluding hydrogens is 454 g/mol. The predicted molar refractivity (Wildman–Crippen MR) is 114 cm³/mol. The van der Waals surface area contributed by atoms with Gasteiger partial charge in [0.25, 0.3) is 0 Å². The number of aliphatic hydroxyl groups excluding tert-OH is 1. The van der Waals surface area contributed by atoms with E-state index in [2.05, 4.69) is 0 Å². The number of hydrogen-bond acceptors (Lipinski definition) is 5. The zero-order chi connectivity index (χ0) is 22.9. The minimum Gasteiger partial charge on any atom is -0.493 e. The van der Waals surface area contributed by atoms with E-state index in [0.717, 1.165) is 11.6 Å². The van der Waals surface area contributed by atoms with Crippen LogP contribution in [-0.2, 0) is 28.1 Å². The number of ether oxygens (including phenoxy) is 1. The first-order valence-electron chi connectivity index (χ1n) is 9.63. The number of benzene rings is 2. The Hall–Kier alpha value is -1.70. The van der Waals surface area contributed by atoms with Crippen LogP contribution in [0, 0.1) is 0 Å². The van der Waals surface area contributed by atoms with Gasteiger partial charge in [-0.3, -0.25) is 0 Å². The maximum absolute atomic E-state index is 13.5. The average Bonchev–Trinajstić information content (AvgIpc) is 2.73. The molecule has 0 heterocycles. The Morgan fingerprint density at radius 3 is 2.48 bits per heavy atom. The number of nitrogens with two attached hydrogens (primary N) is 1. The second-order valence-corrected chi connectivity index (χ2v) is 8.19. The van der Waals surface area contributed by atoms with Crippen LogP contribution in [0.1, 0.15) is 29.5 Å². The smallest absolute Gasteiger partial charge is 0.493 e. The maximum atomic E-state index is 13.5. The Kier molecular flexibility index (Phi) is 9.72. The summed E-state index contributed by atoms with van der Waals surface area (Å²) in [6.45, 7) is -0.485. The molecular formula is C21H25ClF3NO4P+. The Balaban J connectivity index is 2.01. The number of halogens is 4. The van der Waals surface area contributed by atoms with Crippen molar-refractivity contribution in [1.29, 1.82) is 0 Å². The van der Waals surface area contributed by atoms with Crippen LogP contribution in [-0.4, -0.2) is 30.5 Å². The standard InChI is InChI=1S/C21H25ClF3NO4P/c22-17-5-1-3-15(11-17)4-2-10-29-19-7-6-16(12-18(19)21(23,24)25)8-9-20(26,13-27)14-30-31-28/h1,3,5-7,11-12,27,31H,2,4,8-10,13-14,26H2/q+1. The third-order valence-electron chi connectivity index (χ3n) is 4.75. The van der Waals surface area contributed by atoms with Crippen LogP contribution >= 0.6 is 20.3 Å². The van der Waals surface area contributed by atoms with Crippen molar-refractivity contribution in [2.75, 3.05) is 19.8 Å². The van der Waals surface area contributed by atoms with Crippen LogP contribution in [0.5, 0.6) is 5.75 Å². The summed E-state index contributed by atoms with van der Waals surface area (Å²) in [6, 6.07) is 11.1. The third kappa shape index (κ3) is 8.39. The summed E-state index contributed by atoms with van der Waals surface area (Å²) < 4.78 is 61.3. The van der Waals surface area contributed by atoms with Gasteiger partial charge in [-0.25, -0.2) is 0 Å². The number of hydrogen-bond donors (Lipinski definition) is 2. The van der Waals surface area contributed by atoms with E-state index in [1.807, 2.05) is 18.2 Å². The molecule has 31 heavy (non-hydrogen) atoms. The summed E-state index contributed by atoms with van der Waals surface area (Å²) in [5, 5.41) is 10.0. The number of alkyl halides is 3. The molecule has 0 radical (unpaired) electrons. The molecule has 10 heteroatoms. The van der Waals surface area contributed by atoms with Gasteiger partial charge in [0.2, 0.25) is 0 Å². The lowest BCUT2D eigenvalue weighted by atomic mass is 9.93. The monoisotopic (exact) mass is 478 g/mol. The van der Waals surface area contributed by atoms with Crippen molar-refractivity contribution in [3.05, 3.63) is 64.2 Å². The summed E-state index contributed by atoms with van der Waals surface area (Å²) in [5.41, 5.74) is 5.28. The second kappa shape index (κ2) is 11.8. The van der Waals surface area contributed by atoms with Gasteiger partial charge in [-0.1, -0.05) is 29.8 Å². The summed E-state index contributed by atoms with van der Waals surface area (Å²) in [7, 11) is -1.03.